The molecule has 3 rings (SSSR count). The van der Waals surface area contributed by atoms with Crippen molar-refractivity contribution in [3.05, 3.63) is 56.5 Å². The Balaban J connectivity index is 2.03. The molecule has 2 heterocycles. The minimum atomic E-state index is -0.714. The Morgan fingerprint density at radius 3 is 2.64 bits per heavy atom. The maximum absolute atomic E-state index is 12.5. The van der Waals surface area contributed by atoms with Gasteiger partial charge in [0.25, 0.3) is 5.56 Å². The van der Waals surface area contributed by atoms with E-state index in [4.69, 9.17) is 11.6 Å². The molecule has 9 heteroatoms. The van der Waals surface area contributed by atoms with Gasteiger partial charge >= 0.3 is 5.69 Å². The van der Waals surface area contributed by atoms with Crippen LogP contribution in [0.15, 0.2) is 40.2 Å². The highest BCUT2D eigenvalue weighted by atomic mass is 35.5. The second kappa shape index (κ2) is 6.21. The number of nitrogens with zero attached hydrogens (tertiary/aromatic N) is 4. The average molecular weight is 362 g/mol. The quantitative estimate of drug-likeness (QED) is 0.761. The number of anilines is 1. The third kappa shape index (κ3) is 2.85. The molecule has 0 fully saturated rings. The van der Waals surface area contributed by atoms with Gasteiger partial charge in [0.05, 0.1) is 6.33 Å². The Morgan fingerprint density at radius 1 is 1.24 bits per heavy atom. The molecule has 0 saturated heterocycles. The molecular weight excluding hydrogens is 346 g/mol. The van der Waals surface area contributed by atoms with Crippen molar-refractivity contribution >= 4 is 34.4 Å². The number of nitrogens with one attached hydrogen (secondary N) is 1. The number of amides is 1. The first-order chi connectivity index (χ1) is 11.8. The van der Waals surface area contributed by atoms with Crippen LogP contribution in [0, 0.1) is 0 Å². The molecule has 0 unspecified atom stereocenters. The highest BCUT2D eigenvalue weighted by Gasteiger charge is 2.21. The van der Waals surface area contributed by atoms with Crippen molar-refractivity contribution in [3.63, 3.8) is 0 Å². The summed E-state index contributed by atoms with van der Waals surface area (Å²) in [6, 6.07) is 6.05. The van der Waals surface area contributed by atoms with E-state index in [1.165, 1.54) is 29.6 Å². The summed E-state index contributed by atoms with van der Waals surface area (Å²) in [6.07, 6.45) is 1.38. The number of halogens is 1. The Kier molecular flexibility index (Phi) is 4.22. The van der Waals surface area contributed by atoms with E-state index in [2.05, 4.69) is 10.3 Å². The van der Waals surface area contributed by atoms with Gasteiger partial charge < -0.3 is 9.88 Å². The molecule has 1 aromatic carbocycles. The highest BCUT2D eigenvalue weighted by Crippen LogP contribution is 2.18. The monoisotopic (exact) mass is 361 g/mol. The molecule has 8 nitrogen and oxygen atoms in total. The first-order valence-corrected chi connectivity index (χ1v) is 7.88. The predicted molar refractivity (Wildman–Crippen MR) is 95.0 cm³/mol. The zero-order valence-electron chi connectivity index (χ0n) is 13.9. The number of hydrogen-bond acceptors (Lipinski definition) is 4. The predicted octanol–water partition coefficient (Wildman–Crippen LogP) is 1.29. The molecule has 0 aliphatic heterocycles. The van der Waals surface area contributed by atoms with Crippen LogP contribution >= 0.6 is 11.6 Å². The Labute approximate surface area is 147 Å². The number of carbonyl (C=O) groups excluding carboxylic acids is 1. The molecule has 2 aromatic heterocycles. The SMILES string of the molecule is C[C@H](C(=O)Nc1cccc(Cl)c1)n1cnc2c1c(=O)n(C)c(=O)n2C. The first-order valence-electron chi connectivity index (χ1n) is 7.50. The summed E-state index contributed by atoms with van der Waals surface area (Å²) in [6.45, 7) is 1.64. The van der Waals surface area contributed by atoms with E-state index in [1.807, 2.05) is 0 Å². The number of fused-ring (bicyclic) bond motifs is 1. The Bertz CT molecular complexity index is 1100. The molecular formula is C16H16ClN5O3. The molecule has 130 valence electrons. The number of aromatic nitrogens is 4. The van der Waals surface area contributed by atoms with Gasteiger partial charge in [-0.15, -0.1) is 0 Å². The largest absolute Gasteiger partial charge is 0.332 e. The molecule has 1 amide bonds. The molecule has 0 radical (unpaired) electrons. The van der Waals surface area contributed by atoms with Gasteiger partial charge in [-0.2, -0.15) is 0 Å². The van der Waals surface area contributed by atoms with Crippen molar-refractivity contribution in [2.75, 3.05) is 5.32 Å². The standard InChI is InChI=1S/C16H16ClN5O3/c1-9(14(23)19-11-6-4-5-10(17)7-11)22-8-18-13-12(22)15(24)21(3)16(25)20(13)2/h4-9H,1-3H3,(H,19,23)/t9-/m1/s1. The fourth-order valence-corrected chi connectivity index (χ4v) is 2.79. The molecule has 1 atom stereocenters. The fourth-order valence-electron chi connectivity index (χ4n) is 2.60. The zero-order valence-corrected chi connectivity index (χ0v) is 14.6. The van der Waals surface area contributed by atoms with Gasteiger partial charge in [-0.05, 0) is 25.1 Å². The summed E-state index contributed by atoms with van der Waals surface area (Å²) in [5.41, 5.74) is -0.000268. The number of imidazole rings is 1. The van der Waals surface area contributed by atoms with Crippen molar-refractivity contribution in [1.29, 1.82) is 0 Å². The number of rotatable bonds is 3. The molecule has 1 N–H and O–H groups in total. The van der Waals surface area contributed by atoms with E-state index in [-0.39, 0.29) is 17.1 Å². The fraction of sp³-hybridized carbons (Fsp3) is 0.250. The molecule has 0 spiro atoms. The van der Waals surface area contributed by atoms with Gasteiger partial charge in [0.1, 0.15) is 6.04 Å². The number of benzene rings is 1. The smallest absolute Gasteiger partial charge is 0.324 e. The number of carbonyl (C=O) groups is 1. The minimum absolute atomic E-state index is 0.193. The second-order valence-electron chi connectivity index (χ2n) is 5.71. The number of aryl methyl sites for hydroxylation is 1. The van der Waals surface area contributed by atoms with Crippen LogP contribution in [0.1, 0.15) is 13.0 Å². The van der Waals surface area contributed by atoms with Crippen molar-refractivity contribution < 1.29 is 4.79 Å². The molecule has 0 bridgehead atoms. The lowest BCUT2D eigenvalue weighted by Crippen LogP contribution is -2.38. The lowest BCUT2D eigenvalue weighted by atomic mass is 10.2. The summed E-state index contributed by atoms with van der Waals surface area (Å²) in [4.78, 5) is 41.1. The summed E-state index contributed by atoms with van der Waals surface area (Å²) in [5.74, 6) is -0.336. The molecule has 25 heavy (non-hydrogen) atoms. The minimum Gasteiger partial charge on any atom is -0.324 e. The average Bonchev–Trinajstić information content (AvgIpc) is 3.02. The maximum atomic E-state index is 12.5. The third-order valence-electron chi connectivity index (χ3n) is 4.06. The van der Waals surface area contributed by atoms with Gasteiger partial charge in [0.15, 0.2) is 11.2 Å². The van der Waals surface area contributed by atoms with Crippen LogP contribution in [-0.4, -0.2) is 24.6 Å². The van der Waals surface area contributed by atoms with Crippen molar-refractivity contribution in [1.82, 2.24) is 18.7 Å². The van der Waals surface area contributed by atoms with Crippen LogP contribution in [0.5, 0.6) is 0 Å². The van der Waals surface area contributed by atoms with Gasteiger partial charge in [0.2, 0.25) is 5.91 Å². The summed E-state index contributed by atoms with van der Waals surface area (Å²) >= 11 is 5.91. The van der Waals surface area contributed by atoms with Crippen LogP contribution in [0.2, 0.25) is 5.02 Å². The topological polar surface area (TPSA) is 90.9 Å². The van der Waals surface area contributed by atoms with Crippen LogP contribution < -0.4 is 16.6 Å². The van der Waals surface area contributed by atoms with Crippen molar-refractivity contribution in [3.8, 4) is 0 Å². The Hall–Kier alpha value is -2.87. The lowest BCUT2D eigenvalue weighted by Gasteiger charge is -2.15. The second-order valence-corrected chi connectivity index (χ2v) is 6.14. The van der Waals surface area contributed by atoms with E-state index < -0.39 is 17.3 Å². The van der Waals surface area contributed by atoms with E-state index in [9.17, 15) is 14.4 Å². The normalized spacial score (nSPS) is 12.3. The van der Waals surface area contributed by atoms with E-state index in [1.54, 1.807) is 31.2 Å². The molecule has 0 aliphatic rings. The maximum Gasteiger partial charge on any atom is 0.332 e. The van der Waals surface area contributed by atoms with Crippen LogP contribution in [0.4, 0.5) is 5.69 Å². The third-order valence-corrected chi connectivity index (χ3v) is 4.30. The molecule has 0 saturated carbocycles. The van der Waals surface area contributed by atoms with Gasteiger partial charge in [-0.1, -0.05) is 17.7 Å². The van der Waals surface area contributed by atoms with Gasteiger partial charge in [-0.3, -0.25) is 18.7 Å². The first kappa shape index (κ1) is 17.0. The van der Waals surface area contributed by atoms with E-state index >= 15 is 0 Å². The highest BCUT2D eigenvalue weighted by molar-refractivity contribution is 6.30. The lowest BCUT2D eigenvalue weighted by molar-refractivity contribution is -0.118. The van der Waals surface area contributed by atoms with Crippen molar-refractivity contribution in [2.24, 2.45) is 14.1 Å². The summed E-state index contributed by atoms with van der Waals surface area (Å²) in [7, 11) is 2.91. The summed E-state index contributed by atoms with van der Waals surface area (Å²) < 4.78 is 3.72. The number of hydrogen-bond donors (Lipinski definition) is 1. The van der Waals surface area contributed by atoms with Crippen LogP contribution in [0.3, 0.4) is 0 Å². The Morgan fingerprint density at radius 2 is 1.96 bits per heavy atom. The molecule has 0 aliphatic carbocycles. The van der Waals surface area contributed by atoms with Gasteiger partial charge in [-0.25, -0.2) is 9.78 Å². The van der Waals surface area contributed by atoms with Crippen molar-refractivity contribution in [2.45, 2.75) is 13.0 Å². The van der Waals surface area contributed by atoms with Crippen LogP contribution in [0.25, 0.3) is 11.2 Å². The van der Waals surface area contributed by atoms with Crippen LogP contribution in [-0.2, 0) is 18.9 Å². The molecule has 3 aromatic rings. The zero-order chi connectivity index (χ0) is 18.3. The van der Waals surface area contributed by atoms with Gasteiger partial charge in [0, 0.05) is 24.8 Å². The summed E-state index contributed by atoms with van der Waals surface area (Å²) in [5, 5.41) is 3.25. The van der Waals surface area contributed by atoms with E-state index in [0.717, 1.165) is 4.57 Å². The van der Waals surface area contributed by atoms with E-state index in [0.29, 0.717) is 10.7 Å².